The minimum Gasteiger partial charge on any atom is -0.346 e. The van der Waals surface area contributed by atoms with Gasteiger partial charge in [0.15, 0.2) is 5.78 Å². The summed E-state index contributed by atoms with van der Waals surface area (Å²) < 4.78 is 10.9. The molecule has 0 heterocycles. The first-order chi connectivity index (χ1) is 7.76. The summed E-state index contributed by atoms with van der Waals surface area (Å²) >= 11 is 0. The summed E-state index contributed by atoms with van der Waals surface area (Å²) in [6.45, 7) is 7.42. The van der Waals surface area contributed by atoms with E-state index in [1.165, 1.54) is 0 Å². The molecular formula is C13H26O3. The van der Waals surface area contributed by atoms with E-state index in [4.69, 9.17) is 9.47 Å². The van der Waals surface area contributed by atoms with E-state index in [2.05, 4.69) is 13.8 Å². The van der Waals surface area contributed by atoms with Crippen molar-refractivity contribution in [3.63, 3.8) is 0 Å². The fourth-order valence-electron chi connectivity index (χ4n) is 1.27. The number of carbonyl (C=O) groups excluding carboxylic acids is 1. The molecule has 0 unspecified atom stereocenters. The Labute approximate surface area is 99.5 Å². The summed E-state index contributed by atoms with van der Waals surface area (Å²) in [6, 6.07) is 0. The maximum absolute atomic E-state index is 11.7. The van der Waals surface area contributed by atoms with Crippen molar-refractivity contribution in [3.05, 3.63) is 0 Å². The normalized spacial score (nSPS) is 11.0. The lowest BCUT2D eigenvalue weighted by molar-refractivity contribution is -0.170. The third kappa shape index (κ3) is 7.83. The molecule has 0 amide bonds. The van der Waals surface area contributed by atoms with E-state index in [-0.39, 0.29) is 5.78 Å². The first-order valence-electron chi connectivity index (χ1n) is 6.52. The van der Waals surface area contributed by atoms with Gasteiger partial charge in [-0.05, 0) is 19.3 Å². The molecule has 0 spiro atoms. The van der Waals surface area contributed by atoms with Crippen LogP contribution in [0.2, 0.25) is 0 Å². The molecule has 0 radical (unpaired) electrons. The minimum atomic E-state index is -0.627. The highest BCUT2D eigenvalue weighted by Gasteiger charge is 2.18. The summed E-state index contributed by atoms with van der Waals surface area (Å²) in [5.41, 5.74) is 0. The van der Waals surface area contributed by atoms with Gasteiger partial charge in [-0.1, -0.05) is 33.6 Å². The lowest BCUT2D eigenvalue weighted by Crippen LogP contribution is -2.28. The second kappa shape index (κ2) is 11.1. The highest BCUT2D eigenvalue weighted by molar-refractivity contribution is 5.81. The van der Waals surface area contributed by atoms with Crippen LogP contribution in [-0.2, 0) is 14.3 Å². The third-order valence-electron chi connectivity index (χ3n) is 2.29. The van der Waals surface area contributed by atoms with Crippen LogP contribution < -0.4 is 0 Å². The Balaban J connectivity index is 3.89. The molecule has 0 fully saturated rings. The smallest absolute Gasteiger partial charge is 0.217 e. The Morgan fingerprint density at radius 2 is 1.44 bits per heavy atom. The van der Waals surface area contributed by atoms with E-state index >= 15 is 0 Å². The maximum Gasteiger partial charge on any atom is 0.217 e. The first-order valence-corrected chi connectivity index (χ1v) is 6.52. The van der Waals surface area contributed by atoms with Crippen LogP contribution in [0, 0.1) is 0 Å². The minimum absolute atomic E-state index is 0.0784. The molecule has 0 aliphatic heterocycles. The Hall–Kier alpha value is -0.410. The van der Waals surface area contributed by atoms with Crippen LogP contribution >= 0.6 is 0 Å². The average molecular weight is 230 g/mol. The molecule has 0 aromatic heterocycles. The van der Waals surface area contributed by atoms with Crippen LogP contribution in [0.3, 0.4) is 0 Å². The predicted octanol–water partition coefficient (Wildman–Crippen LogP) is 3.32. The molecule has 3 heteroatoms. The molecule has 0 aromatic rings. The Bertz CT molecular complexity index is 159. The summed E-state index contributed by atoms with van der Waals surface area (Å²) in [5.74, 6) is 0.0784. The molecule has 96 valence electrons. The van der Waals surface area contributed by atoms with Crippen molar-refractivity contribution >= 4 is 5.78 Å². The zero-order valence-electron chi connectivity index (χ0n) is 11.0. The van der Waals surface area contributed by atoms with Crippen LogP contribution in [0.1, 0.15) is 59.3 Å². The van der Waals surface area contributed by atoms with Crippen molar-refractivity contribution in [1.29, 1.82) is 0 Å². The number of ether oxygens (including phenoxy) is 2. The quantitative estimate of drug-likeness (QED) is 0.403. The molecule has 0 aliphatic carbocycles. The summed E-state index contributed by atoms with van der Waals surface area (Å²) in [4.78, 5) is 11.7. The molecular weight excluding hydrogens is 204 g/mol. The van der Waals surface area contributed by atoms with Gasteiger partial charge in [-0.3, -0.25) is 4.79 Å². The molecule has 0 rings (SSSR count). The van der Waals surface area contributed by atoms with Gasteiger partial charge in [0.05, 0.1) is 13.2 Å². The van der Waals surface area contributed by atoms with Gasteiger partial charge in [0.1, 0.15) is 0 Å². The fraction of sp³-hybridized carbons (Fsp3) is 0.923. The van der Waals surface area contributed by atoms with Crippen molar-refractivity contribution in [1.82, 2.24) is 0 Å². The molecule has 3 nitrogen and oxygen atoms in total. The molecule has 0 aliphatic rings. The summed E-state index contributed by atoms with van der Waals surface area (Å²) in [6.07, 6.45) is 4.87. The van der Waals surface area contributed by atoms with Gasteiger partial charge in [0.25, 0.3) is 0 Å². The van der Waals surface area contributed by atoms with E-state index in [1.54, 1.807) is 0 Å². The van der Waals surface area contributed by atoms with Gasteiger partial charge in [-0.25, -0.2) is 0 Å². The number of unbranched alkanes of at least 4 members (excludes halogenated alkanes) is 2. The fourth-order valence-corrected chi connectivity index (χ4v) is 1.27. The van der Waals surface area contributed by atoms with E-state index in [0.29, 0.717) is 19.6 Å². The van der Waals surface area contributed by atoms with Gasteiger partial charge in [-0.15, -0.1) is 0 Å². The largest absolute Gasteiger partial charge is 0.346 e. The maximum atomic E-state index is 11.7. The number of hydrogen-bond donors (Lipinski definition) is 0. The SMILES string of the molecule is CCCCOC(OCCCC)C(=O)CCC. The molecule has 0 saturated heterocycles. The monoisotopic (exact) mass is 230 g/mol. The number of hydrogen-bond acceptors (Lipinski definition) is 3. The number of rotatable bonds is 11. The highest BCUT2D eigenvalue weighted by Crippen LogP contribution is 2.05. The van der Waals surface area contributed by atoms with Gasteiger partial charge in [-0.2, -0.15) is 0 Å². The average Bonchev–Trinajstić information content (AvgIpc) is 2.28. The molecule has 0 aromatic carbocycles. The van der Waals surface area contributed by atoms with Crippen molar-refractivity contribution in [3.8, 4) is 0 Å². The van der Waals surface area contributed by atoms with Crippen LogP contribution in [0.15, 0.2) is 0 Å². The summed E-state index contributed by atoms with van der Waals surface area (Å²) in [5, 5.41) is 0. The first kappa shape index (κ1) is 15.6. The van der Waals surface area contributed by atoms with Crippen LogP contribution in [0.25, 0.3) is 0 Å². The molecule has 0 atom stereocenters. The zero-order valence-corrected chi connectivity index (χ0v) is 11.0. The van der Waals surface area contributed by atoms with E-state index in [0.717, 1.165) is 32.1 Å². The van der Waals surface area contributed by atoms with Crippen LogP contribution in [-0.4, -0.2) is 25.3 Å². The Morgan fingerprint density at radius 3 is 1.81 bits per heavy atom. The van der Waals surface area contributed by atoms with E-state index < -0.39 is 6.29 Å². The van der Waals surface area contributed by atoms with E-state index in [1.807, 2.05) is 6.92 Å². The second-order valence-electron chi connectivity index (χ2n) is 4.00. The van der Waals surface area contributed by atoms with Crippen molar-refractivity contribution in [2.24, 2.45) is 0 Å². The second-order valence-corrected chi connectivity index (χ2v) is 4.00. The van der Waals surface area contributed by atoms with Crippen molar-refractivity contribution < 1.29 is 14.3 Å². The van der Waals surface area contributed by atoms with Crippen LogP contribution in [0.5, 0.6) is 0 Å². The van der Waals surface area contributed by atoms with Crippen molar-refractivity contribution in [2.45, 2.75) is 65.6 Å². The molecule has 0 saturated carbocycles. The highest BCUT2D eigenvalue weighted by atomic mass is 16.7. The van der Waals surface area contributed by atoms with Gasteiger partial charge >= 0.3 is 0 Å². The van der Waals surface area contributed by atoms with Gasteiger partial charge in [0.2, 0.25) is 6.29 Å². The molecule has 16 heavy (non-hydrogen) atoms. The Morgan fingerprint density at radius 1 is 0.938 bits per heavy atom. The van der Waals surface area contributed by atoms with Crippen molar-refractivity contribution in [2.75, 3.05) is 13.2 Å². The molecule has 0 N–H and O–H groups in total. The zero-order chi connectivity index (χ0) is 12.2. The van der Waals surface area contributed by atoms with Crippen LogP contribution in [0.4, 0.5) is 0 Å². The number of ketones is 1. The predicted molar refractivity (Wildman–Crippen MR) is 65.4 cm³/mol. The molecule has 0 bridgehead atoms. The number of Topliss-reactive ketones (excluding diaryl/α,β-unsaturated/α-hetero) is 1. The Kier molecular flexibility index (Phi) is 10.8. The number of carbonyl (C=O) groups is 1. The topological polar surface area (TPSA) is 35.5 Å². The third-order valence-corrected chi connectivity index (χ3v) is 2.29. The standard InChI is InChI=1S/C13H26O3/c1-4-7-10-15-13(12(14)9-6-3)16-11-8-5-2/h13H,4-11H2,1-3H3. The van der Waals surface area contributed by atoms with Gasteiger partial charge in [0, 0.05) is 6.42 Å². The lowest BCUT2D eigenvalue weighted by Gasteiger charge is -2.17. The lowest BCUT2D eigenvalue weighted by atomic mass is 10.2. The van der Waals surface area contributed by atoms with E-state index in [9.17, 15) is 4.79 Å². The summed E-state index contributed by atoms with van der Waals surface area (Å²) in [7, 11) is 0. The van der Waals surface area contributed by atoms with Gasteiger partial charge < -0.3 is 9.47 Å².